The first-order valence-corrected chi connectivity index (χ1v) is 5.96. The van der Waals surface area contributed by atoms with Gasteiger partial charge < -0.3 is 9.31 Å². The van der Waals surface area contributed by atoms with E-state index in [9.17, 15) is 4.39 Å². The fourth-order valence-corrected chi connectivity index (χ4v) is 1.97. The Labute approximate surface area is 106 Å². The molecule has 0 bridgehead atoms. The summed E-state index contributed by atoms with van der Waals surface area (Å²) < 4.78 is 24.5. The monoisotopic (exact) mass is 256 g/mol. The summed E-state index contributed by atoms with van der Waals surface area (Å²) in [5.74, 6) is -0.310. The third-order valence-corrected chi connectivity index (χ3v) is 3.11. The highest BCUT2D eigenvalue weighted by atomic mass is 35.5. The number of rotatable bonds is 1. The zero-order valence-corrected chi connectivity index (χ0v) is 11.0. The molecule has 0 saturated carbocycles. The summed E-state index contributed by atoms with van der Waals surface area (Å²) in [6.45, 7) is 7.04. The van der Waals surface area contributed by atoms with Crippen LogP contribution < -0.4 is 5.46 Å². The standard InChI is InChI=1S/C12H15BClFO2/c1-8-4-9(10(14)5-11(8)15)13-16-6-12(2,3)7-17-13/h4-5H,6-7H2,1-3H3. The maximum Gasteiger partial charge on any atom is 0.495 e. The molecular formula is C12H15BClFO2. The van der Waals surface area contributed by atoms with E-state index in [2.05, 4.69) is 13.8 Å². The molecule has 1 aliphatic rings. The fraction of sp³-hybridized carbons (Fsp3) is 0.500. The Kier molecular flexibility index (Phi) is 3.48. The summed E-state index contributed by atoms with van der Waals surface area (Å²) >= 11 is 6.01. The molecule has 2 rings (SSSR count). The van der Waals surface area contributed by atoms with Crippen LogP contribution in [0.1, 0.15) is 19.4 Å². The van der Waals surface area contributed by atoms with Crippen molar-refractivity contribution in [1.82, 2.24) is 0 Å². The van der Waals surface area contributed by atoms with Gasteiger partial charge in [-0.1, -0.05) is 31.5 Å². The molecule has 0 atom stereocenters. The molecule has 1 heterocycles. The van der Waals surface area contributed by atoms with E-state index < -0.39 is 7.12 Å². The molecule has 5 heteroatoms. The maximum absolute atomic E-state index is 13.3. The summed E-state index contributed by atoms with van der Waals surface area (Å²) in [6.07, 6.45) is 0. The molecule has 0 radical (unpaired) electrons. The Morgan fingerprint density at radius 2 is 1.88 bits per heavy atom. The first-order chi connectivity index (χ1) is 7.89. The highest BCUT2D eigenvalue weighted by Crippen LogP contribution is 2.23. The Bertz CT molecular complexity index is 427. The molecular weight excluding hydrogens is 241 g/mol. The molecule has 1 saturated heterocycles. The van der Waals surface area contributed by atoms with Gasteiger partial charge in [-0.05, 0) is 18.6 Å². The van der Waals surface area contributed by atoms with Crippen molar-refractivity contribution in [3.63, 3.8) is 0 Å². The van der Waals surface area contributed by atoms with Crippen molar-refractivity contribution in [3.05, 3.63) is 28.5 Å². The Morgan fingerprint density at radius 3 is 2.47 bits per heavy atom. The van der Waals surface area contributed by atoms with Crippen LogP contribution in [-0.4, -0.2) is 20.3 Å². The first-order valence-electron chi connectivity index (χ1n) is 5.58. The third-order valence-electron chi connectivity index (χ3n) is 2.78. The van der Waals surface area contributed by atoms with E-state index in [0.29, 0.717) is 29.3 Å². The molecule has 1 aliphatic heterocycles. The lowest BCUT2D eigenvalue weighted by atomic mass is 9.75. The van der Waals surface area contributed by atoms with Gasteiger partial charge in [-0.2, -0.15) is 0 Å². The van der Waals surface area contributed by atoms with Gasteiger partial charge in [-0.25, -0.2) is 4.39 Å². The van der Waals surface area contributed by atoms with Crippen LogP contribution in [0.15, 0.2) is 12.1 Å². The van der Waals surface area contributed by atoms with E-state index in [1.165, 1.54) is 6.07 Å². The van der Waals surface area contributed by atoms with Crippen LogP contribution in [0.2, 0.25) is 5.02 Å². The fourth-order valence-electron chi connectivity index (χ4n) is 1.73. The number of benzene rings is 1. The van der Waals surface area contributed by atoms with E-state index in [1.54, 1.807) is 13.0 Å². The van der Waals surface area contributed by atoms with Gasteiger partial charge in [0.15, 0.2) is 0 Å². The van der Waals surface area contributed by atoms with Crippen LogP contribution in [-0.2, 0) is 9.31 Å². The van der Waals surface area contributed by atoms with Crippen molar-refractivity contribution in [1.29, 1.82) is 0 Å². The van der Waals surface area contributed by atoms with E-state index in [0.717, 1.165) is 0 Å². The van der Waals surface area contributed by atoms with Crippen molar-refractivity contribution in [3.8, 4) is 0 Å². The quantitative estimate of drug-likeness (QED) is 0.719. The average Bonchev–Trinajstić information content (AvgIpc) is 2.24. The number of aryl methyl sites for hydroxylation is 1. The van der Waals surface area contributed by atoms with Gasteiger partial charge in [0.2, 0.25) is 0 Å². The minimum absolute atomic E-state index is 0.0120. The SMILES string of the molecule is Cc1cc(B2OCC(C)(C)CO2)c(Cl)cc1F. The normalized spacial score (nSPS) is 19.5. The second-order valence-electron chi connectivity index (χ2n) is 5.24. The van der Waals surface area contributed by atoms with E-state index in [1.807, 2.05) is 0 Å². The first kappa shape index (κ1) is 12.9. The van der Waals surface area contributed by atoms with Gasteiger partial charge in [0.05, 0.1) is 0 Å². The smallest absolute Gasteiger partial charge is 0.407 e. The minimum atomic E-state index is -0.491. The third kappa shape index (κ3) is 2.82. The summed E-state index contributed by atoms with van der Waals surface area (Å²) in [5, 5.41) is 0.345. The van der Waals surface area contributed by atoms with E-state index in [-0.39, 0.29) is 11.2 Å². The van der Waals surface area contributed by atoms with Crippen LogP contribution in [0.25, 0.3) is 0 Å². The zero-order chi connectivity index (χ0) is 12.6. The lowest BCUT2D eigenvalue weighted by Crippen LogP contribution is -2.47. The summed E-state index contributed by atoms with van der Waals surface area (Å²) in [7, 11) is -0.491. The van der Waals surface area contributed by atoms with Crippen molar-refractivity contribution in [2.75, 3.05) is 13.2 Å². The Hall–Kier alpha value is -0.575. The second kappa shape index (κ2) is 4.60. The zero-order valence-electron chi connectivity index (χ0n) is 10.2. The topological polar surface area (TPSA) is 18.5 Å². The van der Waals surface area contributed by atoms with Gasteiger partial charge in [0.1, 0.15) is 5.82 Å². The lowest BCUT2D eigenvalue weighted by molar-refractivity contribution is 0.0343. The highest BCUT2D eigenvalue weighted by molar-refractivity contribution is 6.65. The van der Waals surface area contributed by atoms with Crippen molar-refractivity contribution >= 4 is 24.2 Å². The molecule has 92 valence electrons. The summed E-state index contributed by atoms with van der Waals surface area (Å²) in [4.78, 5) is 0. The highest BCUT2D eigenvalue weighted by Gasteiger charge is 2.34. The van der Waals surface area contributed by atoms with Crippen LogP contribution in [0.5, 0.6) is 0 Å². The molecule has 1 aromatic rings. The molecule has 0 N–H and O–H groups in total. The molecule has 17 heavy (non-hydrogen) atoms. The second-order valence-corrected chi connectivity index (χ2v) is 5.65. The molecule has 0 aliphatic carbocycles. The maximum atomic E-state index is 13.3. The Morgan fingerprint density at radius 1 is 1.29 bits per heavy atom. The van der Waals surface area contributed by atoms with E-state index in [4.69, 9.17) is 20.9 Å². The number of hydrogen-bond acceptors (Lipinski definition) is 2. The van der Waals surface area contributed by atoms with Crippen LogP contribution in [0.4, 0.5) is 4.39 Å². The van der Waals surface area contributed by atoms with Gasteiger partial charge in [0, 0.05) is 29.1 Å². The molecule has 0 spiro atoms. The van der Waals surface area contributed by atoms with E-state index >= 15 is 0 Å². The van der Waals surface area contributed by atoms with Crippen molar-refractivity contribution < 1.29 is 13.7 Å². The molecule has 0 unspecified atom stereocenters. The van der Waals surface area contributed by atoms with Gasteiger partial charge in [-0.3, -0.25) is 0 Å². The van der Waals surface area contributed by atoms with Crippen molar-refractivity contribution in [2.24, 2.45) is 5.41 Å². The van der Waals surface area contributed by atoms with Crippen LogP contribution in [0, 0.1) is 18.2 Å². The number of hydrogen-bond donors (Lipinski definition) is 0. The molecule has 1 fully saturated rings. The predicted molar refractivity (Wildman–Crippen MR) is 67.2 cm³/mol. The van der Waals surface area contributed by atoms with Gasteiger partial charge in [0.25, 0.3) is 0 Å². The molecule has 2 nitrogen and oxygen atoms in total. The van der Waals surface area contributed by atoms with Crippen LogP contribution >= 0.6 is 11.6 Å². The van der Waals surface area contributed by atoms with Gasteiger partial charge >= 0.3 is 7.12 Å². The summed E-state index contributed by atoms with van der Waals surface area (Å²) in [5.41, 5.74) is 1.25. The van der Waals surface area contributed by atoms with Crippen molar-refractivity contribution in [2.45, 2.75) is 20.8 Å². The summed E-state index contributed by atoms with van der Waals surface area (Å²) in [6, 6.07) is 2.99. The Balaban J connectivity index is 2.21. The molecule has 0 amide bonds. The number of halogens is 2. The predicted octanol–water partition coefficient (Wildman–Crippen LogP) is 2.56. The largest absolute Gasteiger partial charge is 0.495 e. The molecule has 0 aromatic heterocycles. The lowest BCUT2D eigenvalue weighted by Gasteiger charge is -2.33. The minimum Gasteiger partial charge on any atom is -0.407 e. The average molecular weight is 257 g/mol. The molecule has 1 aromatic carbocycles. The van der Waals surface area contributed by atoms with Crippen LogP contribution in [0.3, 0.4) is 0 Å². The van der Waals surface area contributed by atoms with Gasteiger partial charge in [-0.15, -0.1) is 0 Å².